The molecule has 2 aromatic carbocycles. The molecule has 0 spiro atoms. The Bertz CT molecular complexity index is 1050. The van der Waals surface area contributed by atoms with Crippen LogP contribution in [0, 0.1) is 6.92 Å². The topological polar surface area (TPSA) is 75.4 Å². The molecule has 6 nitrogen and oxygen atoms in total. The Morgan fingerprint density at radius 1 is 1.11 bits per heavy atom. The second kappa shape index (κ2) is 6.80. The second-order valence-corrected chi connectivity index (χ2v) is 7.28. The van der Waals surface area contributed by atoms with E-state index >= 15 is 0 Å². The third kappa shape index (κ3) is 3.05. The number of benzene rings is 2. The summed E-state index contributed by atoms with van der Waals surface area (Å²) in [6.07, 6.45) is 0. The van der Waals surface area contributed by atoms with Crippen molar-refractivity contribution in [3.05, 3.63) is 76.8 Å². The first-order valence-corrected chi connectivity index (χ1v) is 9.18. The standard InChI is InChI=1S/C21H18ClN3O3/c1-13-18(14-8-10-16(22)11-9-14)28-17(23-13)12-25-19(26)21(2,24-20(25)27)15-6-4-3-5-7-15/h3-11H,12H2,1-2H3,(H,24,27). The van der Waals surface area contributed by atoms with Crippen LogP contribution in [-0.4, -0.2) is 21.8 Å². The van der Waals surface area contributed by atoms with E-state index in [1.165, 1.54) is 0 Å². The zero-order chi connectivity index (χ0) is 19.9. The Morgan fingerprint density at radius 2 is 1.79 bits per heavy atom. The molecule has 1 saturated heterocycles. The first-order chi connectivity index (χ1) is 13.4. The van der Waals surface area contributed by atoms with Crippen molar-refractivity contribution in [2.45, 2.75) is 25.9 Å². The van der Waals surface area contributed by atoms with Gasteiger partial charge in [0.1, 0.15) is 12.1 Å². The highest BCUT2D eigenvalue weighted by molar-refractivity contribution is 6.30. The van der Waals surface area contributed by atoms with Crippen LogP contribution in [0.15, 0.2) is 59.0 Å². The number of urea groups is 1. The van der Waals surface area contributed by atoms with Gasteiger partial charge < -0.3 is 9.73 Å². The summed E-state index contributed by atoms with van der Waals surface area (Å²) in [6, 6.07) is 15.9. The average molecular weight is 396 g/mol. The largest absolute Gasteiger partial charge is 0.438 e. The number of halogens is 1. The highest BCUT2D eigenvalue weighted by Crippen LogP contribution is 2.31. The minimum atomic E-state index is -1.11. The number of nitrogens with zero attached hydrogens (tertiary/aromatic N) is 2. The van der Waals surface area contributed by atoms with Crippen LogP contribution in [0.4, 0.5) is 4.79 Å². The second-order valence-electron chi connectivity index (χ2n) is 6.84. The van der Waals surface area contributed by atoms with Crippen molar-refractivity contribution < 1.29 is 14.0 Å². The maximum absolute atomic E-state index is 13.0. The third-order valence-electron chi connectivity index (χ3n) is 4.87. The number of oxazole rings is 1. The summed E-state index contributed by atoms with van der Waals surface area (Å²) in [5.41, 5.74) is 1.11. The van der Waals surface area contributed by atoms with Crippen LogP contribution in [0.2, 0.25) is 5.02 Å². The molecule has 142 valence electrons. The fourth-order valence-electron chi connectivity index (χ4n) is 3.33. The van der Waals surface area contributed by atoms with Gasteiger partial charge in [0.2, 0.25) is 5.89 Å². The quantitative estimate of drug-likeness (QED) is 0.669. The van der Waals surface area contributed by atoms with Crippen molar-refractivity contribution in [2.24, 2.45) is 0 Å². The van der Waals surface area contributed by atoms with Gasteiger partial charge in [-0.15, -0.1) is 0 Å². The van der Waals surface area contributed by atoms with E-state index in [1.54, 1.807) is 19.1 Å². The lowest BCUT2D eigenvalue weighted by Crippen LogP contribution is -2.40. The number of carbonyl (C=O) groups excluding carboxylic acids is 2. The van der Waals surface area contributed by atoms with Crippen LogP contribution in [0.5, 0.6) is 0 Å². The van der Waals surface area contributed by atoms with Gasteiger partial charge in [-0.3, -0.25) is 9.69 Å². The van der Waals surface area contributed by atoms with Crippen LogP contribution < -0.4 is 5.32 Å². The maximum atomic E-state index is 13.0. The number of rotatable bonds is 4. The Labute approximate surface area is 167 Å². The smallest absolute Gasteiger partial charge is 0.325 e. The van der Waals surface area contributed by atoms with Crippen LogP contribution in [0.1, 0.15) is 24.1 Å². The van der Waals surface area contributed by atoms with Crippen molar-refractivity contribution in [2.75, 3.05) is 0 Å². The van der Waals surface area contributed by atoms with E-state index < -0.39 is 11.6 Å². The van der Waals surface area contributed by atoms with Crippen molar-refractivity contribution in [1.29, 1.82) is 0 Å². The summed E-state index contributed by atoms with van der Waals surface area (Å²) in [5, 5.41) is 3.40. The number of imide groups is 1. The van der Waals surface area contributed by atoms with Gasteiger partial charge in [0.15, 0.2) is 5.76 Å². The molecule has 1 aromatic heterocycles. The van der Waals surface area contributed by atoms with E-state index in [-0.39, 0.29) is 12.5 Å². The molecule has 0 saturated carbocycles. The summed E-state index contributed by atoms with van der Waals surface area (Å²) >= 11 is 5.93. The predicted molar refractivity (Wildman–Crippen MR) is 105 cm³/mol. The van der Waals surface area contributed by atoms with Gasteiger partial charge in [-0.05, 0) is 43.7 Å². The maximum Gasteiger partial charge on any atom is 0.325 e. The summed E-state index contributed by atoms with van der Waals surface area (Å²) in [4.78, 5) is 31.0. The van der Waals surface area contributed by atoms with Gasteiger partial charge in [-0.2, -0.15) is 0 Å². The number of amides is 3. The van der Waals surface area contributed by atoms with Gasteiger partial charge in [-0.1, -0.05) is 41.9 Å². The molecule has 7 heteroatoms. The number of aryl methyl sites for hydroxylation is 1. The minimum Gasteiger partial charge on any atom is -0.438 e. The highest BCUT2D eigenvalue weighted by atomic mass is 35.5. The Balaban J connectivity index is 1.60. The third-order valence-corrected chi connectivity index (χ3v) is 5.12. The Kier molecular flexibility index (Phi) is 4.43. The van der Waals surface area contributed by atoms with Crippen molar-refractivity contribution in [3.63, 3.8) is 0 Å². The SMILES string of the molecule is Cc1nc(CN2C(=O)NC(C)(c3ccccc3)C2=O)oc1-c1ccc(Cl)cc1. The van der Waals surface area contributed by atoms with E-state index in [2.05, 4.69) is 10.3 Å². The molecule has 1 aliphatic heterocycles. The van der Waals surface area contributed by atoms with Gasteiger partial charge >= 0.3 is 6.03 Å². The van der Waals surface area contributed by atoms with Gasteiger partial charge in [-0.25, -0.2) is 9.78 Å². The Morgan fingerprint density at radius 3 is 2.46 bits per heavy atom. The zero-order valence-electron chi connectivity index (χ0n) is 15.4. The molecule has 1 aliphatic rings. The zero-order valence-corrected chi connectivity index (χ0v) is 16.2. The predicted octanol–water partition coefficient (Wildman–Crippen LogP) is 4.27. The van der Waals surface area contributed by atoms with E-state index in [0.29, 0.717) is 22.4 Å². The fourth-order valence-corrected chi connectivity index (χ4v) is 3.46. The molecule has 0 radical (unpaired) electrons. The summed E-state index contributed by atoms with van der Waals surface area (Å²) in [6.45, 7) is 3.47. The van der Waals surface area contributed by atoms with E-state index in [9.17, 15) is 9.59 Å². The van der Waals surface area contributed by atoms with Crippen LogP contribution in [-0.2, 0) is 16.9 Å². The summed E-state index contributed by atoms with van der Waals surface area (Å²) in [7, 11) is 0. The average Bonchev–Trinajstić information content (AvgIpc) is 3.16. The number of hydrogen-bond acceptors (Lipinski definition) is 4. The van der Waals surface area contributed by atoms with Gasteiger partial charge in [0.25, 0.3) is 5.91 Å². The Hall–Kier alpha value is -3.12. The number of aromatic nitrogens is 1. The molecular weight excluding hydrogens is 378 g/mol. The first-order valence-electron chi connectivity index (χ1n) is 8.80. The molecule has 1 unspecified atom stereocenters. The lowest BCUT2D eigenvalue weighted by atomic mass is 9.92. The molecule has 3 amide bonds. The molecule has 0 bridgehead atoms. The number of hydrogen-bond donors (Lipinski definition) is 1. The fraction of sp³-hybridized carbons (Fsp3) is 0.190. The van der Waals surface area contributed by atoms with Crippen molar-refractivity contribution in [3.8, 4) is 11.3 Å². The minimum absolute atomic E-state index is 0.0402. The molecule has 1 atom stereocenters. The molecule has 1 N–H and O–H groups in total. The van der Waals surface area contributed by atoms with E-state index in [1.807, 2.05) is 49.4 Å². The van der Waals surface area contributed by atoms with Crippen LogP contribution in [0.3, 0.4) is 0 Å². The van der Waals surface area contributed by atoms with E-state index in [4.69, 9.17) is 16.0 Å². The number of carbonyl (C=O) groups is 2. The summed E-state index contributed by atoms with van der Waals surface area (Å²) < 4.78 is 5.84. The highest BCUT2D eigenvalue weighted by Gasteiger charge is 2.49. The molecule has 4 rings (SSSR count). The number of nitrogens with one attached hydrogen (secondary N) is 1. The monoisotopic (exact) mass is 395 g/mol. The van der Waals surface area contributed by atoms with Crippen molar-refractivity contribution >= 4 is 23.5 Å². The molecule has 28 heavy (non-hydrogen) atoms. The van der Waals surface area contributed by atoms with Gasteiger partial charge in [0, 0.05) is 10.6 Å². The molecule has 2 heterocycles. The molecular formula is C21H18ClN3O3. The summed E-state index contributed by atoms with van der Waals surface area (Å²) in [5.74, 6) is 0.542. The van der Waals surface area contributed by atoms with Crippen LogP contribution >= 0.6 is 11.6 Å². The van der Waals surface area contributed by atoms with Gasteiger partial charge in [0.05, 0.1) is 5.69 Å². The molecule has 3 aromatic rings. The van der Waals surface area contributed by atoms with Crippen LogP contribution in [0.25, 0.3) is 11.3 Å². The normalized spacial score (nSPS) is 19.2. The molecule has 0 aliphatic carbocycles. The molecule has 1 fully saturated rings. The lowest BCUT2D eigenvalue weighted by Gasteiger charge is -2.21. The van der Waals surface area contributed by atoms with E-state index in [0.717, 1.165) is 16.0 Å². The van der Waals surface area contributed by atoms with Crippen molar-refractivity contribution in [1.82, 2.24) is 15.2 Å². The lowest BCUT2D eigenvalue weighted by molar-refractivity contribution is -0.131. The first kappa shape index (κ1) is 18.3.